The predicted octanol–water partition coefficient (Wildman–Crippen LogP) is 4.64. The van der Waals surface area contributed by atoms with Crippen molar-refractivity contribution in [3.63, 3.8) is 0 Å². The first-order valence-electron chi connectivity index (χ1n) is 10.9. The molecule has 28 heavy (non-hydrogen) atoms. The lowest BCUT2D eigenvalue weighted by molar-refractivity contribution is -0.181. The van der Waals surface area contributed by atoms with Gasteiger partial charge in [0.15, 0.2) is 6.29 Å². The Bertz CT molecular complexity index is 652. The van der Waals surface area contributed by atoms with Crippen LogP contribution < -0.4 is 0 Å². The first kappa shape index (κ1) is 19.8. The van der Waals surface area contributed by atoms with E-state index < -0.39 is 0 Å². The topological polar surface area (TPSA) is 44.8 Å². The normalized spacial score (nSPS) is 34.5. The molecule has 2 bridgehead atoms. The van der Waals surface area contributed by atoms with Gasteiger partial charge in [-0.05, 0) is 37.7 Å². The summed E-state index contributed by atoms with van der Waals surface area (Å²) in [6.45, 7) is 3.00. The lowest BCUT2D eigenvalue weighted by atomic mass is 9.77. The van der Waals surface area contributed by atoms with Crippen molar-refractivity contribution in [2.24, 2.45) is 11.8 Å². The molecule has 0 saturated carbocycles. The van der Waals surface area contributed by atoms with Crippen LogP contribution in [0.4, 0.5) is 0 Å². The zero-order valence-electron chi connectivity index (χ0n) is 16.7. The van der Waals surface area contributed by atoms with Crippen molar-refractivity contribution in [2.45, 2.75) is 76.0 Å². The fourth-order valence-corrected chi connectivity index (χ4v) is 5.01. The maximum absolute atomic E-state index is 11.2. The van der Waals surface area contributed by atoms with Crippen molar-refractivity contribution >= 4 is 6.29 Å². The van der Waals surface area contributed by atoms with Gasteiger partial charge >= 0.3 is 0 Å². The van der Waals surface area contributed by atoms with Gasteiger partial charge < -0.3 is 19.0 Å². The fourth-order valence-electron chi connectivity index (χ4n) is 5.01. The number of hydrogen-bond donors (Lipinski definition) is 0. The third-order valence-corrected chi connectivity index (χ3v) is 6.64. The van der Waals surface area contributed by atoms with Gasteiger partial charge in [-0.3, -0.25) is 0 Å². The fraction of sp³-hybridized carbons (Fsp3) is 0.625. The van der Waals surface area contributed by atoms with Crippen LogP contribution in [-0.2, 0) is 19.0 Å². The summed E-state index contributed by atoms with van der Waals surface area (Å²) in [4.78, 5) is 11.2. The van der Waals surface area contributed by atoms with Gasteiger partial charge in [-0.2, -0.15) is 0 Å². The predicted molar refractivity (Wildman–Crippen MR) is 108 cm³/mol. The Morgan fingerprint density at radius 3 is 2.71 bits per heavy atom. The highest BCUT2D eigenvalue weighted by atomic mass is 16.7. The number of rotatable bonds is 8. The summed E-state index contributed by atoms with van der Waals surface area (Å²) in [5.41, 5.74) is 1.27. The minimum atomic E-state index is -0.128. The van der Waals surface area contributed by atoms with E-state index in [4.69, 9.17) is 14.2 Å². The standard InChI is InChI=1S/C24H32O4/c1-17(18-7-3-2-4-8-18)21(28-24-9-5-6-16-26-24)11-10-19-20(14-15-25)23-13-12-22(19)27-23/h2-4,7-8,10-11,15,17,19-24H,5-6,9,12-14,16H2,1H3/t17?,19-,20+,21?,22-,23+,24?/m1/s1. The second kappa shape index (κ2) is 9.34. The molecule has 7 atom stereocenters. The van der Waals surface area contributed by atoms with E-state index in [-0.39, 0.29) is 30.5 Å². The van der Waals surface area contributed by atoms with Crippen molar-refractivity contribution in [3.05, 3.63) is 48.0 Å². The molecule has 3 heterocycles. The molecule has 4 rings (SSSR count). The second-order valence-electron chi connectivity index (χ2n) is 8.41. The van der Waals surface area contributed by atoms with E-state index in [1.807, 2.05) is 6.07 Å². The van der Waals surface area contributed by atoms with Crippen LogP contribution in [0.3, 0.4) is 0 Å². The minimum absolute atomic E-state index is 0.0542. The number of ether oxygens (including phenoxy) is 3. The minimum Gasteiger partial charge on any atom is -0.374 e. The molecule has 152 valence electrons. The number of fused-ring (bicyclic) bond motifs is 2. The van der Waals surface area contributed by atoms with Crippen molar-refractivity contribution < 1.29 is 19.0 Å². The van der Waals surface area contributed by atoms with Gasteiger partial charge in [0, 0.05) is 30.8 Å². The van der Waals surface area contributed by atoms with Crippen molar-refractivity contribution in [1.82, 2.24) is 0 Å². The molecule has 4 nitrogen and oxygen atoms in total. The zero-order chi connectivity index (χ0) is 19.3. The van der Waals surface area contributed by atoms with E-state index in [0.29, 0.717) is 18.3 Å². The molecular weight excluding hydrogens is 352 g/mol. The molecule has 3 fully saturated rings. The lowest BCUT2D eigenvalue weighted by Crippen LogP contribution is -2.31. The summed E-state index contributed by atoms with van der Waals surface area (Å²) in [7, 11) is 0. The number of carbonyl (C=O) groups excluding carboxylic acids is 1. The molecule has 1 aromatic rings. The molecule has 3 aliphatic rings. The Balaban J connectivity index is 1.50. The second-order valence-corrected chi connectivity index (χ2v) is 8.41. The van der Waals surface area contributed by atoms with Gasteiger partial charge in [0.05, 0.1) is 18.3 Å². The molecule has 1 aromatic carbocycles. The van der Waals surface area contributed by atoms with E-state index in [9.17, 15) is 4.79 Å². The van der Waals surface area contributed by atoms with Gasteiger partial charge in [-0.15, -0.1) is 0 Å². The van der Waals surface area contributed by atoms with Crippen molar-refractivity contribution in [2.75, 3.05) is 6.61 Å². The van der Waals surface area contributed by atoms with Crippen LogP contribution in [0.25, 0.3) is 0 Å². The third-order valence-electron chi connectivity index (χ3n) is 6.64. The average molecular weight is 385 g/mol. The van der Waals surface area contributed by atoms with Crippen LogP contribution >= 0.6 is 0 Å². The maximum atomic E-state index is 11.2. The summed E-state index contributed by atoms with van der Waals surface area (Å²) >= 11 is 0. The number of hydrogen-bond acceptors (Lipinski definition) is 4. The number of carbonyl (C=O) groups is 1. The number of aldehydes is 1. The quantitative estimate of drug-likeness (QED) is 0.484. The average Bonchev–Trinajstić information content (AvgIpc) is 3.34. The largest absolute Gasteiger partial charge is 0.374 e. The van der Waals surface area contributed by atoms with Crippen LogP contribution in [0.1, 0.15) is 56.9 Å². The summed E-state index contributed by atoms with van der Waals surface area (Å²) in [5, 5.41) is 0. The molecule has 0 aromatic heterocycles. The van der Waals surface area contributed by atoms with E-state index >= 15 is 0 Å². The molecule has 3 aliphatic heterocycles. The van der Waals surface area contributed by atoms with E-state index in [1.54, 1.807) is 0 Å². The van der Waals surface area contributed by atoms with E-state index in [2.05, 4.69) is 43.3 Å². The molecule has 0 aliphatic carbocycles. The molecule has 4 heteroatoms. The molecule has 0 N–H and O–H groups in total. The van der Waals surface area contributed by atoms with Gasteiger partial charge in [0.1, 0.15) is 6.29 Å². The zero-order valence-corrected chi connectivity index (χ0v) is 16.7. The number of benzene rings is 1. The monoisotopic (exact) mass is 384 g/mol. The highest BCUT2D eigenvalue weighted by Gasteiger charge is 2.47. The molecule has 3 saturated heterocycles. The van der Waals surface area contributed by atoms with Crippen LogP contribution in [-0.4, -0.2) is 37.5 Å². The SMILES string of the molecule is CC(c1ccccc1)C(C=C[C@@H]1[C@H](CC=O)[C@@H]2CC[C@H]1O2)OC1CCCCO1. The molecule has 0 amide bonds. The van der Waals surface area contributed by atoms with Crippen molar-refractivity contribution in [1.29, 1.82) is 0 Å². The smallest absolute Gasteiger partial charge is 0.158 e. The maximum Gasteiger partial charge on any atom is 0.158 e. The van der Waals surface area contributed by atoms with Crippen LogP contribution in [0.2, 0.25) is 0 Å². The summed E-state index contributed by atoms with van der Waals surface area (Å²) in [6.07, 6.45) is 11.8. The molecule has 0 radical (unpaired) electrons. The Morgan fingerprint density at radius 1 is 1.14 bits per heavy atom. The van der Waals surface area contributed by atoms with Gasteiger partial charge in [-0.25, -0.2) is 0 Å². The Morgan fingerprint density at radius 2 is 1.96 bits per heavy atom. The Labute approximate surface area is 168 Å². The molecular formula is C24H32O4. The Hall–Kier alpha value is -1.49. The summed E-state index contributed by atoms with van der Waals surface area (Å²) < 4.78 is 18.4. The first-order valence-corrected chi connectivity index (χ1v) is 10.9. The van der Waals surface area contributed by atoms with E-state index in [1.165, 1.54) is 5.56 Å². The van der Waals surface area contributed by atoms with Gasteiger partial charge in [0.25, 0.3) is 0 Å². The van der Waals surface area contributed by atoms with Crippen LogP contribution in [0.5, 0.6) is 0 Å². The van der Waals surface area contributed by atoms with Crippen molar-refractivity contribution in [3.8, 4) is 0 Å². The summed E-state index contributed by atoms with van der Waals surface area (Å²) in [5.74, 6) is 0.850. The highest BCUT2D eigenvalue weighted by Crippen LogP contribution is 2.45. The lowest BCUT2D eigenvalue weighted by Gasteiger charge is -2.30. The third kappa shape index (κ3) is 4.40. The molecule has 3 unspecified atom stereocenters. The molecule has 0 spiro atoms. The van der Waals surface area contributed by atoms with Gasteiger partial charge in [-0.1, -0.05) is 49.4 Å². The van der Waals surface area contributed by atoms with E-state index in [0.717, 1.165) is 45.0 Å². The van der Waals surface area contributed by atoms with Crippen LogP contribution in [0, 0.1) is 11.8 Å². The van der Waals surface area contributed by atoms with Gasteiger partial charge in [0.2, 0.25) is 0 Å². The Kier molecular flexibility index (Phi) is 6.61. The highest BCUT2D eigenvalue weighted by molar-refractivity contribution is 5.50. The summed E-state index contributed by atoms with van der Waals surface area (Å²) in [6, 6.07) is 10.5. The first-order chi connectivity index (χ1) is 13.8. The van der Waals surface area contributed by atoms with Crippen LogP contribution in [0.15, 0.2) is 42.5 Å².